The topological polar surface area (TPSA) is 171 Å². The third-order valence-electron chi connectivity index (χ3n) is 9.20. The number of aliphatic hydroxyl groups excluding tert-OH is 1. The highest BCUT2D eigenvalue weighted by Gasteiger charge is 2.47. The van der Waals surface area contributed by atoms with Gasteiger partial charge in [-0.1, -0.05) is 33.6 Å². The SMILES string of the molecule is CCOc1ccc2c(O[C@@H]3CC(C(=O)N[C@@H](CC4CC4)C(O)C(=O)NC4CC4)N(C(=O)[C@@H](NC(=O)NC(C)(C)C)C(C)(C)C)C3)nccc2c1. The van der Waals surface area contributed by atoms with Crippen LogP contribution in [0, 0.1) is 11.3 Å². The van der Waals surface area contributed by atoms with Gasteiger partial charge in [0.2, 0.25) is 17.7 Å². The van der Waals surface area contributed by atoms with Crippen LogP contribution in [-0.4, -0.2) is 93.8 Å². The van der Waals surface area contributed by atoms with Crippen molar-refractivity contribution in [1.29, 1.82) is 0 Å². The minimum absolute atomic E-state index is 0.0547. The van der Waals surface area contributed by atoms with Crippen LogP contribution in [0.1, 0.15) is 87.0 Å². The number of carbonyl (C=O) groups is 4. The van der Waals surface area contributed by atoms with Gasteiger partial charge in [-0.25, -0.2) is 9.78 Å². The molecule has 0 radical (unpaired) electrons. The zero-order valence-electron chi connectivity index (χ0n) is 30.4. The van der Waals surface area contributed by atoms with Crippen LogP contribution in [0.4, 0.5) is 4.79 Å². The standard InChI is InChI=1S/C37H54N6O7/c1-8-49-24-13-14-26-22(18-24)15-16-38-33(26)50-25-19-28(31(45)40-27(17-21-9-10-21)29(44)32(46)39-23-11-12-23)43(20-25)34(47)30(36(2,3)4)41-35(48)42-37(5,6)7/h13-16,18,21,23,25,27-30,44H,8-12,17,19-20H2,1-7H3,(H,39,46)(H,40,45)(H2,41,42,48)/t25-,27+,28?,29?,30-/m1/s1. The van der Waals surface area contributed by atoms with Crippen molar-refractivity contribution in [2.75, 3.05) is 13.2 Å². The Hall–Kier alpha value is -4.13. The highest BCUT2D eigenvalue weighted by atomic mass is 16.5. The number of urea groups is 1. The van der Waals surface area contributed by atoms with Gasteiger partial charge < -0.3 is 40.7 Å². The van der Waals surface area contributed by atoms with Crippen molar-refractivity contribution in [3.05, 3.63) is 30.5 Å². The van der Waals surface area contributed by atoms with Crippen molar-refractivity contribution in [3.8, 4) is 11.6 Å². The van der Waals surface area contributed by atoms with Gasteiger partial charge in [0.05, 0.1) is 19.2 Å². The summed E-state index contributed by atoms with van der Waals surface area (Å²) in [6, 6.07) is 4.23. The first kappa shape index (κ1) is 37.1. The second-order valence-corrected chi connectivity index (χ2v) is 16.1. The fourth-order valence-electron chi connectivity index (χ4n) is 6.29. The first-order valence-corrected chi connectivity index (χ1v) is 17.9. The molecule has 5 N–H and O–H groups in total. The van der Waals surface area contributed by atoms with Gasteiger partial charge in [-0.3, -0.25) is 14.4 Å². The Labute approximate surface area is 294 Å². The van der Waals surface area contributed by atoms with E-state index in [1.54, 1.807) is 6.20 Å². The molecule has 2 aromatic rings. The van der Waals surface area contributed by atoms with Gasteiger partial charge in [0.15, 0.2) is 6.10 Å². The summed E-state index contributed by atoms with van der Waals surface area (Å²) in [5, 5.41) is 24.2. The average molecular weight is 695 g/mol. The van der Waals surface area contributed by atoms with Gasteiger partial charge in [-0.2, -0.15) is 0 Å². The molecule has 2 aliphatic carbocycles. The van der Waals surface area contributed by atoms with Gasteiger partial charge in [-0.15, -0.1) is 0 Å². The molecule has 1 saturated heterocycles. The molecule has 1 aliphatic heterocycles. The summed E-state index contributed by atoms with van der Waals surface area (Å²) in [7, 11) is 0. The van der Waals surface area contributed by atoms with Crippen LogP contribution in [0.3, 0.4) is 0 Å². The number of nitrogens with one attached hydrogen (secondary N) is 4. The summed E-state index contributed by atoms with van der Waals surface area (Å²) >= 11 is 0. The lowest BCUT2D eigenvalue weighted by molar-refractivity contribution is -0.143. The molecule has 2 saturated carbocycles. The molecule has 13 nitrogen and oxygen atoms in total. The second kappa shape index (κ2) is 15.0. The zero-order chi connectivity index (χ0) is 36.4. The molecule has 0 bridgehead atoms. The summed E-state index contributed by atoms with van der Waals surface area (Å²) in [5.41, 5.74) is -1.25. The number of aliphatic hydroxyl groups is 1. The van der Waals surface area contributed by atoms with E-state index in [-0.39, 0.29) is 19.0 Å². The third kappa shape index (κ3) is 9.76. The number of fused-ring (bicyclic) bond motifs is 1. The molecule has 1 aromatic heterocycles. The van der Waals surface area contributed by atoms with Gasteiger partial charge >= 0.3 is 6.03 Å². The lowest BCUT2D eigenvalue weighted by Gasteiger charge is -2.36. The molecule has 50 heavy (non-hydrogen) atoms. The largest absolute Gasteiger partial charge is 0.494 e. The lowest BCUT2D eigenvalue weighted by atomic mass is 9.85. The Morgan fingerprint density at radius 3 is 2.36 bits per heavy atom. The van der Waals surface area contributed by atoms with Crippen molar-refractivity contribution in [1.82, 2.24) is 31.2 Å². The number of pyridine rings is 1. The number of carbonyl (C=O) groups excluding carboxylic acids is 4. The van der Waals surface area contributed by atoms with Crippen molar-refractivity contribution in [2.24, 2.45) is 11.3 Å². The van der Waals surface area contributed by atoms with Gasteiger partial charge in [-0.05, 0) is 87.9 Å². The van der Waals surface area contributed by atoms with Gasteiger partial charge in [0.1, 0.15) is 23.9 Å². The fourth-order valence-corrected chi connectivity index (χ4v) is 6.29. The van der Waals surface area contributed by atoms with E-state index >= 15 is 0 Å². The van der Waals surface area contributed by atoms with Crippen molar-refractivity contribution in [2.45, 2.75) is 129 Å². The quantitative estimate of drug-likeness (QED) is 0.212. The molecule has 3 aliphatic rings. The summed E-state index contributed by atoms with van der Waals surface area (Å²) < 4.78 is 12.1. The average Bonchev–Trinajstić information content (AvgIpc) is 3.97. The van der Waals surface area contributed by atoms with Crippen LogP contribution in [-0.2, 0) is 14.4 Å². The van der Waals surface area contributed by atoms with Crippen LogP contribution in [0.15, 0.2) is 30.5 Å². The molecule has 3 fully saturated rings. The van der Waals surface area contributed by atoms with E-state index < -0.39 is 65.0 Å². The van der Waals surface area contributed by atoms with Crippen LogP contribution in [0.5, 0.6) is 11.6 Å². The number of ether oxygens (including phenoxy) is 2. The molecule has 2 heterocycles. The van der Waals surface area contributed by atoms with Crippen LogP contribution in [0.25, 0.3) is 10.8 Å². The summed E-state index contributed by atoms with van der Waals surface area (Å²) in [6.07, 6.45) is 3.85. The Bertz CT molecular complexity index is 1560. The number of amides is 5. The van der Waals surface area contributed by atoms with Crippen molar-refractivity contribution < 1.29 is 33.8 Å². The van der Waals surface area contributed by atoms with E-state index in [0.29, 0.717) is 24.8 Å². The molecule has 1 aromatic carbocycles. The predicted molar refractivity (Wildman–Crippen MR) is 189 cm³/mol. The predicted octanol–water partition coefficient (Wildman–Crippen LogP) is 3.42. The Morgan fingerprint density at radius 2 is 1.74 bits per heavy atom. The van der Waals surface area contributed by atoms with E-state index in [1.807, 2.05) is 72.7 Å². The fraction of sp³-hybridized carbons (Fsp3) is 0.649. The van der Waals surface area contributed by atoms with Gasteiger partial charge in [0, 0.05) is 29.6 Å². The molecule has 274 valence electrons. The molecule has 5 atom stereocenters. The normalized spacial score (nSPS) is 21.2. The Morgan fingerprint density at radius 1 is 1.02 bits per heavy atom. The number of aromatic nitrogens is 1. The smallest absolute Gasteiger partial charge is 0.315 e. The highest BCUT2D eigenvalue weighted by molar-refractivity contribution is 5.94. The van der Waals surface area contributed by atoms with Crippen molar-refractivity contribution >= 4 is 34.5 Å². The van der Waals surface area contributed by atoms with E-state index in [9.17, 15) is 24.3 Å². The summed E-state index contributed by atoms with van der Waals surface area (Å²) in [6.45, 7) is 13.6. The monoisotopic (exact) mass is 694 g/mol. The molecular weight excluding hydrogens is 640 g/mol. The van der Waals surface area contributed by atoms with E-state index in [0.717, 1.165) is 42.2 Å². The maximum Gasteiger partial charge on any atom is 0.315 e. The second-order valence-electron chi connectivity index (χ2n) is 16.1. The molecule has 5 amide bonds. The molecule has 5 rings (SSSR count). The van der Waals surface area contributed by atoms with Crippen LogP contribution in [0.2, 0.25) is 0 Å². The molecule has 2 unspecified atom stereocenters. The third-order valence-corrected chi connectivity index (χ3v) is 9.20. The highest BCUT2D eigenvalue weighted by Crippen LogP contribution is 2.35. The van der Waals surface area contributed by atoms with E-state index in [4.69, 9.17) is 9.47 Å². The molecular formula is C37H54N6O7. The van der Waals surface area contributed by atoms with Gasteiger partial charge in [0.25, 0.3) is 5.91 Å². The van der Waals surface area contributed by atoms with Crippen LogP contribution >= 0.6 is 0 Å². The van der Waals surface area contributed by atoms with E-state index in [2.05, 4.69) is 26.3 Å². The van der Waals surface area contributed by atoms with Crippen molar-refractivity contribution in [3.63, 3.8) is 0 Å². The number of nitrogens with zero attached hydrogens (tertiary/aromatic N) is 2. The Balaban J connectivity index is 1.41. The number of rotatable bonds is 13. The summed E-state index contributed by atoms with van der Waals surface area (Å²) in [4.78, 5) is 60.5. The minimum atomic E-state index is -1.43. The maximum absolute atomic E-state index is 14.5. The molecule has 0 spiro atoms. The number of likely N-dealkylation sites (tertiary alicyclic amines) is 1. The summed E-state index contributed by atoms with van der Waals surface area (Å²) in [5.74, 6) is -0.0551. The zero-order valence-corrected chi connectivity index (χ0v) is 30.4. The van der Waals surface area contributed by atoms with E-state index in [1.165, 1.54) is 4.90 Å². The Kier molecular flexibility index (Phi) is 11.1. The maximum atomic E-state index is 14.5. The first-order chi connectivity index (χ1) is 23.5. The van der Waals surface area contributed by atoms with Crippen LogP contribution < -0.4 is 30.7 Å². The number of benzene rings is 1. The molecule has 13 heteroatoms. The number of hydrogen-bond donors (Lipinski definition) is 5. The minimum Gasteiger partial charge on any atom is -0.494 e. The number of hydrogen-bond acceptors (Lipinski definition) is 8. The first-order valence-electron chi connectivity index (χ1n) is 17.9. The lowest BCUT2D eigenvalue weighted by Crippen LogP contribution is -2.61.